The number of esters is 1. The van der Waals surface area contributed by atoms with E-state index in [1.165, 1.54) is 18.4 Å². The first-order valence-corrected chi connectivity index (χ1v) is 10.6. The second kappa shape index (κ2) is 9.58. The van der Waals surface area contributed by atoms with Gasteiger partial charge >= 0.3 is 5.97 Å². The molecule has 0 spiro atoms. The van der Waals surface area contributed by atoms with Crippen LogP contribution in [0.15, 0.2) is 36.5 Å². The van der Waals surface area contributed by atoms with Gasteiger partial charge in [-0.2, -0.15) is 5.10 Å². The summed E-state index contributed by atoms with van der Waals surface area (Å²) in [5, 5.41) is 12.4. The minimum absolute atomic E-state index is 0.268. The van der Waals surface area contributed by atoms with Gasteiger partial charge < -0.3 is 15.4 Å². The van der Waals surface area contributed by atoms with Gasteiger partial charge in [0.2, 0.25) is 0 Å². The van der Waals surface area contributed by atoms with Crippen LogP contribution in [0.2, 0.25) is 10.0 Å². The van der Waals surface area contributed by atoms with Crippen LogP contribution in [0.1, 0.15) is 27.7 Å². The second-order valence-electron chi connectivity index (χ2n) is 5.99. The normalized spacial score (nSPS) is 10.6. The third-order valence-electron chi connectivity index (χ3n) is 4.00. The van der Waals surface area contributed by atoms with E-state index in [0.717, 1.165) is 16.9 Å². The van der Waals surface area contributed by atoms with Gasteiger partial charge in [-0.3, -0.25) is 4.68 Å². The number of halogens is 2. The fourth-order valence-corrected chi connectivity index (χ4v) is 4.22. The number of rotatable bonds is 6. The van der Waals surface area contributed by atoms with Gasteiger partial charge in [0.1, 0.15) is 10.0 Å². The lowest BCUT2D eigenvalue weighted by atomic mass is 10.2. The van der Waals surface area contributed by atoms with E-state index in [9.17, 15) is 4.79 Å². The van der Waals surface area contributed by atoms with E-state index in [1.54, 1.807) is 16.9 Å². The van der Waals surface area contributed by atoms with Crippen molar-refractivity contribution < 1.29 is 9.53 Å². The maximum absolute atomic E-state index is 12.0. The highest BCUT2D eigenvalue weighted by atomic mass is 35.5. The van der Waals surface area contributed by atoms with Crippen molar-refractivity contribution in [2.24, 2.45) is 0 Å². The second-order valence-corrected chi connectivity index (χ2v) is 8.35. The Bertz CT molecular complexity index is 1050. The van der Waals surface area contributed by atoms with Crippen LogP contribution in [-0.4, -0.2) is 28.0 Å². The van der Waals surface area contributed by atoms with Crippen LogP contribution in [0.25, 0.3) is 0 Å². The zero-order chi connectivity index (χ0) is 21.0. The van der Waals surface area contributed by atoms with Crippen LogP contribution in [0, 0.1) is 0 Å². The summed E-state index contributed by atoms with van der Waals surface area (Å²) in [6.45, 7) is 2.48. The van der Waals surface area contributed by atoms with Crippen molar-refractivity contribution in [2.45, 2.75) is 19.9 Å². The molecule has 0 saturated heterocycles. The Morgan fingerprint density at radius 1 is 1.28 bits per heavy atom. The zero-order valence-corrected chi connectivity index (χ0v) is 18.8. The summed E-state index contributed by atoms with van der Waals surface area (Å²) in [5.74, 6) is -0.0172. The van der Waals surface area contributed by atoms with Crippen LogP contribution in [-0.2, 0) is 17.7 Å². The van der Waals surface area contributed by atoms with Crippen molar-refractivity contribution >= 4 is 68.7 Å². The van der Waals surface area contributed by atoms with E-state index in [4.69, 9.17) is 40.2 Å². The quantitative estimate of drug-likeness (QED) is 0.369. The summed E-state index contributed by atoms with van der Waals surface area (Å²) in [5.41, 5.74) is 1.36. The maximum atomic E-state index is 12.0. The highest BCUT2D eigenvalue weighted by molar-refractivity contribution is 7.80. The first-order chi connectivity index (χ1) is 13.9. The molecule has 10 heteroatoms. The maximum Gasteiger partial charge on any atom is 0.340 e. The Morgan fingerprint density at radius 2 is 2.03 bits per heavy atom. The van der Waals surface area contributed by atoms with Gasteiger partial charge in [0, 0.05) is 16.1 Å². The molecule has 2 N–H and O–H groups in total. The highest BCUT2D eigenvalue weighted by Gasteiger charge is 2.18. The first-order valence-electron chi connectivity index (χ1n) is 8.66. The van der Waals surface area contributed by atoms with Crippen LogP contribution in [0.5, 0.6) is 0 Å². The number of aromatic nitrogens is 2. The molecule has 0 aliphatic rings. The molecular formula is C19H18Cl2N4O2S2. The van der Waals surface area contributed by atoms with E-state index in [-0.39, 0.29) is 5.11 Å². The van der Waals surface area contributed by atoms with Crippen molar-refractivity contribution in [2.75, 3.05) is 17.7 Å². The van der Waals surface area contributed by atoms with Gasteiger partial charge in [0.05, 0.1) is 19.2 Å². The Balaban J connectivity index is 1.72. The molecule has 6 nitrogen and oxygen atoms in total. The van der Waals surface area contributed by atoms with Crippen molar-refractivity contribution in [1.82, 2.24) is 9.78 Å². The molecule has 0 bridgehead atoms. The number of anilines is 2. The van der Waals surface area contributed by atoms with E-state index >= 15 is 0 Å². The minimum Gasteiger partial charge on any atom is -0.465 e. The minimum atomic E-state index is -0.423. The molecule has 152 valence electrons. The molecule has 0 fully saturated rings. The van der Waals surface area contributed by atoms with E-state index < -0.39 is 5.97 Å². The molecule has 0 unspecified atom stereocenters. The third kappa shape index (κ3) is 5.27. The third-order valence-corrected chi connectivity index (χ3v) is 6.05. The van der Waals surface area contributed by atoms with E-state index in [2.05, 4.69) is 15.7 Å². The molecule has 3 rings (SSSR count). The van der Waals surface area contributed by atoms with Crippen LogP contribution >= 0.6 is 46.8 Å². The van der Waals surface area contributed by atoms with Gasteiger partial charge in [0.15, 0.2) is 10.9 Å². The monoisotopic (exact) mass is 468 g/mol. The number of thiocarbonyl (C=S) groups is 1. The van der Waals surface area contributed by atoms with Crippen molar-refractivity contribution in [3.05, 3.63) is 62.6 Å². The lowest BCUT2D eigenvalue weighted by molar-refractivity contribution is 0.0602. The predicted molar refractivity (Wildman–Crippen MR) is 123 cm³/mol. The molecule has 1 aromatic carbocycles. The number of nitrogens with zero attached hydrogens (tertiary/aromatic N) is 2. The molecule has 0 radical (unpaired) electrons. The average molecular weight is 469 g/mol. The van der Waals surface area contributed by atoms with Gasteiger partial charge in [-0.25, -0.2) is 4.79 Å². The number of aryl methyl sites for hydroxylation is 1. The lowest BCUT2D eigenvalue weighted by Gasteiger charge is -2.09. The average Bonchev–Trinajstić information content (AvgIpc) is 3.26. The molecule has 0 saturated carbocycles. The number of hydrogen-bond donors (Lipinski definition) is 2. The predicted octanol–water partition coefficient (Wildman–Crippen LogP) is 5.46. The Hall–Kier alpha value is -2.13. The van der Waals surface area contributed by atoms with Crippen LogP contribution < -0.4 is 10.6 Å². The lowest BCUT2D eigenvalue weighted by Crippen LogP contribution is -2.20. The smallest absolute Gasteiger partial charge is 0.340 e. The summed E-state index contributed by atoms with van der Waals surface area (Å²) >= 11 is 19.3. The molecule has 29 heavy (non-hydrogen) atoms. The summed E-state index contributed by atoms with van der Waals surface area (Å²) in [4.78, 5) is 13.0. The fourth-order valence-electron chi connectivity index (χ4n) is 2.58. The summed E-state index contributed by atoms with van der Waals surface area (Å²) in [6.07, 6.45) is 2.49. The molecule has 3 aromatic rings. The number of ether oxygens (including phenoxy) is 1. The van der Waals surface area contributed by atoms with Crippen LogP contribution in [0.4, 0.5) is 10.8 Å². The Kier molecular flexibility index (Phi) is 7.13. The number of nitrogens with one attached hydrogen (secondary N) is 2. The number of carbonyl (C=O) groups excluding carboxylic acids is 1. The SMILES string of the molecule is CCc1cc(C(=O)OC)c(NC(=S)Nc2nn(Cc3ccccc3Cl)cc2Cl)s1. The topological polar surface area (TPSA) is 68.2 Å². The van der Waals surface area contributed by atoms with E-state index in [0.29, 0.717) is 33.0 Å². The molecule has 0 aliphatic carbocycles. The highest BCUT2D eigenvalue weighted by Crippen LogP contribution is 2.30. The first kappa shape index (κ1) is 21.6. The number of thiophene rings is 1. The Morgan fingerprint density at radius 3 is 2.72 bits per heavy atom. The van der Waals surface area contributed by atoms with Gasteiger partial charge in [-0.1, -0.05) is 48.3 Å². The largest absolute Gasteiger partial charge is 0.465 e. The molecule has 0 amide bonds. The van der Waals surface area contributed by atoms with Crippen LogP contribution in [0.3, 0.4) is 0 Å². The standard InChI is InChI=1S/C19H18Cl2N4O2S2/c1-3-12-8-13(18(26)27-2)17(29-12)23-19(28)22-16-15(21)10-25(24-16)9-11-6-4-5-7-14(11)20/h4-8,10H,3,9H2,1-2H3,(H2,22,23,24,28). The number of hydrogen-bond acceptors (Lipinski definition) is 5. The number of carbonyl (C=O) groups is 1. The number of methoxy groups -OCH3 is 1. The van der Waals surface area contributed by atoms with Gasteiger partial charge in [0.25, 0.3) is 0 Å². The van der Waals surface area contributed by atoms with Crippen molar-refractivity contribution in [1.29, 1.82) is 0 Å². The number of benzene rings is 1. The summed E-state index contributed by atoms with van der Waals surface area (Å²) in [7, 11) is 1.34. The van der Waals surface area contributed by atoms with Gasteiger partial charge in [-0.15, -0.1) is 11.3 Å². The van der Waals surface area contributed by atoms with E-state index in [1.807, 2.05) is 31.2 Å². The van der Waals surface area contributed by atoms with Crippen molar-refractivity contribution in [3.8, 4) is 0 Å². The molecule has 2 heterocycles. The summed E-state index contributed by atoms with van der Waals surface area (Å²) < 4.78 is 6.52. The fraction of sp³-hybridized carbons (Fsp3) is 0.211. The molecule has 0 atom stereocenters. The molecule has 0 aliphatic heterocycles. The van der Waals surface area contributed by atoms with Crippen molar-refractivity contribution in [3.63, 3.8) is 0 Å². The van der Waals surface area contributed by atoms with Gasteiger partial charge in [-0.05, 0) is 36.3 Å². The molecule has 2 aromatic heterocycles. The Labute approximate surface area is 187 Å². The zero-order valence-electron chi connectivity index (χ0n) is 15.7. The molecular weight excluding hydrogens is 451 g/mol. The summed E-state index contributed by atoms with van der Waals surface area (Å²) in [6, 6.07) is 9.33.